The third-order valence-electron chi connectivity index (χ3n) is 1.41. The van der Waals surface area contributed by atoms with Crippen LogP contribution in [0.4, 0.5) is 0 Å². The first-order valence-corrected chi connectivity index (χ1v) is 5.67. The number of rotatable bonds is 6. The molecule has 0 unspecified atom stereocenters. The molecule has 0 amide bonds. The van der Waals surface area contributed by atoms with Crippen LogP contribution in [0.3, 0.4) is 0 Å². The molecular weight excluding hydrogens is 178 g/mol. The monoisotopic (exact) mass is 193 g/mol. The number of hydrogen-bond donors (Lipinski definition) is 2. The average molecular weight is 193 g/mol. The second kappa shape index (κ2) is 8.43. The topological polar surface area (TPSA) is 29.1 Å². The fraction of sp³-hybridized carbons (Fsp3) is 0.857. The van der Waals surface area contributed by atoms with Crippen molar-refractivity contribution < 1.29 is 4.79 Å². The third-order valence-corrected chi connectivity index (χ3v) is 2.43. The summed E-state index contributed by atoms with van der Waals surface area (Å²) in [5.74, 6) is 0. The van der Waals surface area contributed by atoms with Gasteiger partial charge in [0.15, 0.2) is 5.12 Å². The van der Waals surface area contributed by atoms with E-state index in [1.54, 1.807) is 0 Å². The lowest BCUT2D eigenvalue weighted by molar-refractivity contribution is -0.110. The van der Waals surface area contributed by atoms with Crippen molar-refractivity contribution in [1.29, 1.82) is 0 Å². The lowest BCUT2D eigenvalue weighted by Crippen LogP contribution is -2.07. The Morgan fingerprint density at radius 3 is 2.73 bits per heavy atom. The van der Waals surface area contributed by atoms with E-state index in [0.29, 0.717) is 6.42 Å². The lowest BCUT2D eigenvalue weighted by atomic mass is 10.2. The van der Waals surface area contributed by atoms with E-state index in [2.05, 4.69) is 17.0 Å². The van der Waals surface area contributed by atoms with Crippen molar-refractivity contribution in [2.75, 3.05) is 13.6 Å². The fourth-order valence-electron chi connectivity index (χ4n) is 0.794. The Kier molecular flexibility index (Phi) is 8.68. The Morgan fingerprint density at radius 2 is 2.18 bits per heavy atom. The summed E-state index contributed by atoms with van der Waals surface area (Å²) in [7, 11) is 2.97. The highest BCUT2D eigenvalue weighted by atomic mass is 33.1. The van der Waals surface area contributed by atoms with Gasteiger partial charge in [-0.3, -0.25) is 4.79 Å². The number of carbonyl (C=O) groups excluding carboxylic acids is 1. The van der Waals surface area contributed by atoms with Crippen molar-refractivity contribution >= 4 is 27.6 Å². The van der Waals surface area contributed by atoms with E-state index in [9.17, 15) is 4.79 Å². The van der Waals surface area contributed by atoms with E-state index in [0.717, 1.165) is 36.6 Å². The molecule has 0 fully saturated rings. The van der Waals surface area contributed by atoms with Gasteiger partial charge in [0.2, 0.25) is 0 Å². The number of carbonyl (C=O) groups is 1. The Labute approximate surface area is 77.3 Å². The largest absolute Gasteiger partial charge is 0.320 e. The van der Waals surface area contributed by atoms with Gasteiger partial charge in [-0.05, 0) is 37.2 Å². The van der Waals surface area contributed by atoms with Gasteiger partial charge < -0.3 is 5.32 Å². The Hall–Kier alpha value is 0.330. The lowest BCUT2D eigenvalue weighted by Gasteiger charge is -1.97. The highest BCUT2D eigenvalue weighted by molar-refractivity contribution is 8.74. The molecule has 0 bridgehead atoms. The number of nitrogens with one attached hydrogen (secondary N) is 1. The van der Waals surface area contributed by atoms with Gasteiger partial charge in [-0.15, -0.1) is 11.7 Å². The second-order valence-electron chi connectivity index (χ2n) is 2.38. The van der Waals surface area contributed by atoms with Crippen molar-refractivity contribution in [3.63, 3.8) is 0 Å². The Morgan fingerprint density at radius 1 is 1.45 bits per heavy atom. The smallest absolute Gasteiger partial charge is 0.199 e. The van der Waals surface area contributed by atoms with Crippen molar-refractivity contribution in [3.05, 3.63) is 0 Å². The normalized spacial score (nSPS) is 10.0. The van der Waals surface area contributed by atoms with E-state index in [1.165, 1.54) is 0 Å². The molecule has 2 nitrogen and oxygen atoms in total. The number of thiol groups is 1. The zero-order valence-corrected chi connectivity index (χ0v) is 8.51. The first kappa shape index (κ1) is 11.3. The van der Waals surface area contributed by atoms with Crippen LogP contribution in [0.25, 0.3) is 0 Å². The maximum absolute atomic E-state index is 10.7. The Bertz CT molecular complexity index is 109. The molecule has 0 aromatic heterocycles. The van der Waals surface area contributed by atoms with Crippen LogP contribution in [0.15, 0.2) is 0 Å². The predicted octanol–water partition coefficient (Wildman–Crippen LogP) is 1.87. The van der Waals surface area contributed by atoms with Gasteiger partial charge in [0.1, 0.15) is 0 Å². The minimum Gasteiger partial charge on any atom is -0.320 e. The molecule has 0 aliphatic rings. The molecule has 0 radical (unpaired) electrons. The molecule has 0 aliphatic carbocycles. The third kappa shape index (κ3) is 8.23. The molecule has 0 saturated carbocycles. The molecule has 0 rings (SSSR count). The molecular formula is C7H15NOS2. The van der Waals surface area contributed by atoms with Gasteiger partial charge in [-0.1, -0.05) is 6.42 Å². The maximum Gasteiger partial charge on any atom is 0.199 e. The molecule has 66 valence electrons. The molecule has 0 aliphatic heterocycles. The number of hydrogen-bond acceptors (Lipinski definition) is 4. The van der Waals surface area contributed by atoms with Crippen LogP contribution >= 0.6 is 22.5 Å². The first-order valence-electron chi connectivity index (χ1n) is 3.80. The van der Waals surface area contributed by atoms with Crippen LogP contribution in [0.5, 0.6) is 0 Å². The minimum atomic E-state index is 0.179. The minimum absolute atomic E-state index is 0.179. The van der Waals surface area contributed by atoms with Gasteiger partial charge in [0.25, 0.3) is 0 Å². The summed E-state index contributed by atoms with van der Waals surface area (Å²) >= 11 is 3.81. The van der Waals surface area contributed by atoms with E-state index >= 15 is 0 Å². The first-order chi connectivity index (χ1) is 5.31. The van der Waals surface area contributed by atoms with Crippen molar-refractivity contribution in [1.82, 2.24) is 5.32 Å². The summed E-state index contributed by atoms with van der Waals surface area (Å²) in [5.41, 5.74) is 0. The highest BCUT2D eigenvalue weighted by Crippen LogP contribution is 2.12. The summed E-state index contributed by atoms with van der Waals surface area (Å²) in [4.78, 5) is 10.7. The van der Waals surface area contributed by atoms with Gasteiger partial charge in [-0.25, -0.2) is 0 Å². The van der Waals surface area contributed by atoms with Crippen LogP contribution < -0.4 is 5.32 Å². The molecule has 0 heterocycles. The SMILES string of the molecule is CNCCCCCC(=O)SS. The molecule has 4 heteroatoms. The predicted molar refractivity (Wildman–Crippen MR) is 54.0 cm³/mol. The van der Waals surface area contributed by atoms with Crippen LogP contribution in [-0.4, -0.2) is 18.7 Å². The summed E-state index contributed by atoms with van der Waals surface area (Å²) in [6.45, 7) is 1.04. The summed E-state index contributed by atoms with van der Waals surface area (Å²) < 4.78 is 0. The summed E-state index contributed by atoms with van der Waals surface area (Å²) in [6, 6.07) is 0. The Balaban J connectivity index is 2.95. The highest BCUT2D eigenvalue weighted by Gasteiger charge is 1.97. The van der Waals surface area contributed by atoms with Crippen LogP contribution in [0.1, 0.15) is 25.7 Å². The summed E-state index contributed by atoms with van der Waals surface area (Å²) in [5, 5.41) is 3.24. The molecule has 0 aromatic carbocycles. The van der Waals surface area contributed by atoms with Crippen molar-refractivity contribution in [3.8, 4) is 0 Å². The molecule has 1 N–H and O–H groups in total. The molecule has 11 heavy (non-hydrogen) atoms. The van der Waals surface area contributed by atoms with E-state index in [-0.39, 0.29) is 5.12 Å². The van der Waals surface area contributed by atoms with Gasteiger partial charge in [0, 0.05) is 6.42 Å². The van der Waals surface area contributed by atoms with E-state index < -0.39 is 0 Å². The zero-order valence-electron chi connectivity index (χ0n) is 6.80. The molecule has 0 aromatic rings. The van der Waals surface area contributed by atoms with Gasteiger partial charge in [-0.2, -0.15) is 0 Å². The van der Waals surface area contributed by atoms with Gasteiger partial charge in [0.05, 0.1) is 0 Å². The van der Waals surface area contributed by atoms with Crippen LogP contribution in [-0.2, 0) is 4.79 Å². The second-order valence-corrected chi connectivity index (χ2v) is 3.56. The molecule has 0 atom stereocenters. The zero-order chi connectivity index (χ0) is 8.53. The quantitative estimate of drug-likeness (QED) is 0.383. The van der Waals surface area contributed by atoms with Gasteiger partial charge >= 0.3 is 0 Å². The standard InChI is InChI=1S/C7H15NOS2/c1-8-6-4-2-3-5-7(9)11-10/h8,10H,2-6H2,1H3. The van der Waals surface area contributed by atoms with Crippen LogP contribution in [0.2, 0.25) is 0 Å². The van der Waals surface area contributed by atoms with E-state index in [4.69, 9.17) is 0 Å². The summed E-state index contributed by atoms with van der Waals surface area (Å²) in [6.07, 6.45) is 3.94. The van der Waals surface area contributed by atoms with E-state index in [1.807, 2.05) is 7.05 Å². The van der Waals surface area contributed by atoms with Crippen LogP contribution in [0, 0.1) is 0 Å². The fourth-order valence-corrected chi connectivity index (χ4v) is 1.30. The van der Waals surface area contributed by atoms with Crippen molar-refractivity contribution in [2.45, 2.75) is 25.7 Å². The number of unbranched alkanes of at least 4 members (excludes halogenated alkanes) is 2. The van der Waals surface area contributed by atoms with Crippen molar-refractivity contribution in [2.24, 2.45) is 0 Å². The maximum atomic E-state index is 10.7. The molecule has 0 saturated heterocycles. The molecule has 0 spiro atoms. The average Bonchev–Trinajstić information content (AvgIpc) is 2.04.